The van der Waals surface area contributed by atoms with Gasteiger partial charge in [0.15, 0.2) is 0 Å². The van der Waals surface area contributed by atoms with Gasteiger partial charge in [-0.2, -0.15) is 0 Å². The van der Waals surface area contributed by atoms with Crippen LogP contribution in [0, 0.1) is 0 Å². The van der Waals surface area contributed by atoms with Crippen LogP contribution in [0.15, 0.2) is 48.5 Å². The van der Waals surface area contributed by atoms with Crippen molar-refractivity contribution in [1.82, 2.24) is 10.2 Å². The highest BCUT2D eigenvalue weighted by atomic mass is 16.5. The van der Waals surface area contributed by atoms with E-state index >= 15 is 0 Å². The molecule has 3 rings (SSSR count). The molecule has 6 heteroatoms. The number of amides is 2. The van der Waals surface area contributed by atoms with E-state index in [0.717, 1.165) is 17.5 Å². The first-order valence-electron chi connectivity index (χ1n) is 9.43. The Morgan fingerprint density at radius 1 is 1.04 bits per heavy atom. The summed E-state index contributed by atoms with van der Waals surface area (Å²) in [5.74, 6) is 1.21. The molecule has 28 heavy (non-hydrogen) atoms. The Morgan fingerprint density at radius 3 is 2.36 bits per heavy atom. The molecule has 0 bridgehead atoms. The lowest BCUT2D eigenvalue weighted by atomic mass is 10.1. The Bertz CT molecular complexity index is 800. The minimum atomic E-state index is -0.413. The van der Waals surface area contributed by atoms with Gasteiger partial charge in [0.25, 0.3) is 0 Å². The van der Waals surface area contributed by atoms with Gasteiger partial charge in [-0.25, -0.2) is 0 Å². The van der Waals surface area contributed by atoms with Gasteiger partial charge in [-0.15, -0.1) is 0 Å². The van der Waals surface area contributed by atoms with Crippen molar-refractivity contribution < 1.29 is 19.1 Å². The number of methoxy groups -OCH3 is 2. The van der Waals surface area contributed by atoms with E-state index in [4.69, 9.17) is 9.47 Å². The van der Waals surface area contributed by atoms with Crippen molar-refractivity contribution in [3.63, 3.8) is 0 Å². The van der Waals surface area contributed by atoms with Crippen molar-refractivity contribution in [2.45, 2.75) is 31.8 Å². The molecule has 0 spiro atoms. The van der Waals surface area contributed by atoms with E-state index in [1.165, 1.54) is 0 Å². The van der Waals surface area contributed by atoms with Crippen molar-refractivity contribution in [3.05, 3.63) is 59.7 Å². The normalized spacial score (nSPS) is 15.9. The lowest BCUT2D eigenvalue weighted by Crippen LogP contribution is -2.46. The molecule has 1 aliphatic heterocycles. The van der Waals surface area contributed by atoms with Gasteiger partial charge in [0.05, 0.1) is 20.6 Å². The minimum absolute atomic E-state index is 0.00750. The highest BCUT2D eigenvalue weighted by Gasteiger charge is 2.33. The molecule has 1 unspecified atom stereocenters. The Labute approximate surface area is 165 Å². The summed E-state index contributed by atoms with van der Waals surface area (Å²) in [5, 5.41) is 2.95. The topological polar surface area (TPSA) is 67.9 Å². The first kappa shape index (κ1) is 19.7. The van der Waals surface area contributed by atoms with Gasteiger partial charge in [-0.05, 0) is 36.1 Å². The molecule has 1 heterocycles. The molecular formula is C22H26N2O4. The second kappa shape index (κ2) is 9.26. The number of carbonyl (C=O) groups excluding carboxylic acids is 2. The van der Waals surface area contributed by atoms with E-state index in [9.17, 15) is 9.59 Å². The molecule has 0 aromatic heterocycles. The zero-order valence-electron chi connectivity index (χ0n) is 16.3. The summed E-state index contributed by atoms with van der Waals surface area (Å²) < 4.78 is 10.5. The third-order valence-electron chi connectivity index (χ3n) is 4.95. The van der Waals surface area contributed by atoms with Crippen LogP contribution in [0.5, 0.6) is 11.5 Å². The Morgan fingerprint density at radius 2 is 1.71 bits per heavy atom. The highest BCUT2D eigenvalue weighted by molar-refractivity contribution is 5.89. The van der Waals surface area contributed by atoms with Gasteiger partial charge < -0.3 is 19.7 Å². The average molecular weight is 382 g/mol. The third kappa shape index (κ3) is 4.82. The van der Waals surface area contributed by atoms with Gasteiger partial charge in [0, 0.05) is 19.2 Å². The number of ether oxygens (including phenoxy) is 2. The lowest BCUT2D eigenvalue weighted by molar-refractivity contribution is -0.138. The number of likely N-dealkylation sites (tertiary alicyclic amines) is 1. The van der Waals surface area contributed by atoms with Gasteiger partial charge >= 0.3 is 0 Å². The fraction of sp³-hybridized carbons (Fsp3) is 0.364. The van der Waals surface area contributed by atoms with Crippen molar-refractivity contribution in [2.24, 2.45) is 0 Å². The molecule has 2 aromatic carbocycles. The molecule has 0 aliphatic carbocycles. The van der Waals surface area contributed by atoms with E-state index in [1.807, 2.05) is 42.5 Å². The van der Waals surface area contributed by atoms with Crippen LogP contribution in [0.1, 0.15) is 24.0 Å². The molecule has 6 nitrogen and oxygen atoms in total. The SMILES string of the molecule is COc1cc(CNC(=O)C2CCCN2C(=O)Cc2ccccc2)cc(OC)c1. The largest absolute Gasteiger partial charge is 0.497 e. The quantitative estimate of drug-likeness (QED) is 0.799. The van der Waals surface area contributed by atoms with Crippen LogP contribution < -0.4 is 14.8 Å². The van der Waals surface area contributed by atoms with E-state index in [2.05, 4.69) is 5.32 Å². The predicted octanol–water partition coefficient (Wildman–Crippen LogP) is 2.55. The lowest BCUT2D eigenvalue weighted by Gasteiger charge is -2.24. The molecule has 1 saturated heterocycles. The summed E-state index contributed by atoms with van der Waals surface area (Å²) in [6, 6.07) is 14.7. The van der Waals surface area contributed by atoms with Crippen LogP contribution in [-0.4, -0.2) is 43.5 Å². The molecule has 0 saturated carbocycles. The third-order valence-corrected chi connectivity index (χ3v) is 4.95. The van der Waals surface area contributed by atoms with E-state index in [1.54, 1.807) is 25.2 Å². The smallest absolute Gasteiger partial charge is 0.243 e. The van der Waals surface area contributed by atoms with Crippen molar-refractivity contribution in [3.8, 4) is 11.5 Å². The molecule has 1 fully saturated rings. The standard InChI is InChI=1S/C22H26N2O4/c1-27-18-11-17(12-19(14-18)28-2)15-23-22(26)20-9-6-10-24(20)21(25)13-16-7-4-3-5-8-16/h3-5,7-8,11-12,14,20H,6,9-10,13,15H2,1-2H3,(H,23,26). The molecular weight excluding hydrogens is 356 g/mol. The minimum Gasteiger partial charge on any atom is -0.497 e. The summed E-state index contributed by atoms with van der Waals surface area (Å²) in [5.41, 5.74) is 1.84. The van der Waals surface area contributed by atoms with Crippen LogP contribution in [0.4, 0.5) is 0 Å². The monoisotopic (exact) mass is 382 g/mol. The zero-order chi connectivity index (χ0) is 19.9. The van der Waals surface area contributed by atoms with Gasteiger partial charge in [-0.3, -0.25) is 9.59 Å². The first-order valence-corrected chi connectivity index (χ1v) is 9.43. The summed E-state index contributed by atoms with van der Waals surface area (Å²) in [4.78, 5) is 27.1. The maximum Gasteiger partial charge on any atom is 0.243 e. The van der Waals surface area contributed by atoms with Gasteiger partial charge in [0.1, 0.15) is 17.5 Å². The molecule has 0 radical (unpaired) electrons. The van der Waals surface area contributed by atoms with Crippen molar-refractivity contribution >= 4 is 11.8 Å². The molecule has 2 amide bonds. The Balaban J connectivity index is 1.61. The summed E-state index contributed by atoms with van der Waals surface area (Å²) in [7, 11) is 3.18. The van der Waals surface area contributed by atoms with E-state index in [0.29, 0.717) is 37.4 Å². The summed E-state index contributed by atoms with van der Waals surface area (Å²) >= 11 is 0. The highest BCUT2D eigenvalue weighted by Crippen LogP contribution is 2.23. The van der Waals surface area contributed by atoms with Crippen molar-refractivity contribution in [2.75, 3.05) is 20.8 Å². The van der Waals surface area contributed by atoms with Crippen molar-refractivity contribution in [1.29, 1.82) is 0 Å². The number of benzene rings is 2. The molecule has 2 aromatic rings. The zero-order valence-corrected chi connectivity index (χ0v) is 16.3. The van der Waals surface area contributed by atoms with E-state index < -0.39 is 6.04 Å². The summed E-state index contributed by atoms with van der Waals surface area (Å²) in [6.45, 7) is 0.973. The van der Waals surface area contributed by atoms with E-state index in [-0.39, 0.29) is 11.8 Å². The number of carbonyl (C=O) groups is 2. The van der Waals surface area contributed by atoms with Crippen LogP contribution in [0.25, 0.3) is 0 Å². The number of nitrogens with one attached hydrogen (secondary N) is 1. The summed E-state index contributed by atoms with van der Waals surface area (Å²) in [6.07, 6.45) is 1.84. The molecule has 1 atom stereocenters. The molecule has 1 N–H and O–H groups in total. The fourth-order valence-electron chi connectivity index (χ4n) is 3.49. The Hall–Kier alpha value is -3.02. The maximum absolute atomic E-state index is 12.7. The van der Waals surface area contributed by atoms with Crippen LogP contribution in [0.3, 0.4) is 0 Å². The van der Waals surface area contributed by atoms with Crippen LogP contribution in [-0.2, 0) is 22.6 Å². The van der Waals surface area contributed by atoms with Gasteiger partial charge in [0.2, 0.25) is 11.8 Å². The number of nitrogens with zero attached hydrogens (tertiary/aromatic N) is 1. The first-order chi connectivity index (χ1) is 13.6. The fourth-order valence-corrected chi connectivity index (χ4v) is 3.49. The van der Waals surface area contributed by atoms with Gasteiger partial charge in [-0.1, -0.05) is 30.3 Å². The number of rotatable bonds is 7. The predicted molar refractivity (Wildman–Crippen MR) is 106 cm³/mol. The average Bonchev–Trinajstić information content (AvgIpc) is 3.22. The molecule has 148 valence electrons. The van der Waals surface area contributed by atoms with Crippen LogP contribution >= 0.6 is 0 Å². The molecule has 1 aliphatic rings. The second-order valence-corrected chi connectivity index (χ2v) is 6.85. The second-order valence-electron chi connectivity index (χ2n) is 6.85. The van der Waals surface area contributed by atoms with Crippen LogP contribution in [0.2, 0.25) is 0 Å². The number of hydrogen-bond donors (Lipinski definition) is 1. The maximum atomic E-state index is 12.7. The Kier molecular flexibility index (Phi) is 6.53. The number of hydrogen-bond acceptors (Lipinski definition) is 4.